The quantitative estimate of drug-likeness (QED) is 0.620. The third-order valence-electron chi connectivity index (χ3n) is 4.59. The van der Waals surface area contributed by atoms with Crippen LogP contribution in [0.15, 0.2) is 64.3 Å². The fourth-order valence-electron chi connectivity index (χ4n) is 2.98. The summed E-state index contributed by atoms with van der Waals surface area (Å²) in [6.45, 7) is 6.17. The first-order chi connectivity index (χ1) is 14.2. The van der Waals surface area contributed by atoms with Crippen LogP contribution in [0.4, 0.5) is 5.69 Å². The SMILES string of the molecule is CCOc1ccc(C(C)C)cc1S(=O)(=O)Nc1cccc(-c2ccc(=O)n(C)n2)c1. The monoisotopic (exact) mass is 427 g/mol. The molecule has 3 rings (SSSR count). The maximum absolute atomic E-state index is 13.2. The number of nitrogens with one attached hydrogen (secondary N) is 1. The van der Waals surface area contributed by atoms with Gasteiger partial charge in [-0.05, 0) is 48.7 Å². The lowest BCUT2D eigenvalue weighted by atomic mass is 10.0. The van der Waals surface area contributed by atoms with E-state index in [9.17, 15) is 13.2 Å². The van der Waals surface area contributed by atoms with Gasteiger partial charge in [-0.3, -0.25) is 9.52 Å². The second-order valence-corrected chi connectivity index (χ2v) is 8.81. The van der Waals surface area contributed by atoms with Crippen molar-refractivity contribution >= 4 is 15.7 Å². The zero-order valence-corrected chi connectivity index (χ0v) is 18.2. The third kappa shape index (κ3) is 4.71. The van der Waals surface area contributed by atoms with Crippen molar-refractivity contribution < 1.29 is 13.2 Å². The van der Waals surface area contributed by atoms with E-state index in [2.05, 4.69) is 9.82 Å². The molecule has 0 saturated carbocycles. The Morgan fingerprint density at radius 1 is 1.10 bits per heavy atom. The van der Waals surface area contributed by atoms with Crippen LogP contribution >= 0.6 is 0 Å². The highest BCUT2D eigenvalue weighted by Gasteiger charge is 2.21. The molecule has 0 bridgehead atoms. The molecule has 1 N–H and O–H groups in total. The number of nitrogens with zero attached hydrogens (tertiary/aromatic N) is 2. The maximum atomic E-state index is 13.2. The largest absolute Gasteiger partial charge is 0.492 e. The van der Waals surface area contributed by atoms with Crippen LogP contribution in [0.1, 0.15) is 32.3 Å². The predicted molar refractivity (Wildman–Crippen MR) is 117 cm³/mol. The van der Waals surface area contributed by atoms with Crippen molar-refractivity contribution in [3.05, 3.63) is 70.5 Å². The van der Waals surface area contributed by atoms with Gasteiger partial charge in [0.1, 0.15) is 10.6 Å². The van der Waals surface area contributed by atoms with E-state index in [1.807, 2.05) is 26.8 Å². The fraction of sp³-hybridized carbons (Fsp3) is 0.273. The van der Waals surface area contributed by atoms with Crippen molar-refractivity contribution in [1.82, 2.24) is 9.78 Å². The van der Waals surface area contributed by atoms with Crippen molar-refractivity contribution in [3.63, 3.8) is 0 Å². The van der Waals surface area contributed by atoms with Gasteiger partial charge in [-0.25, -0.2) is 13.1 Å². The second-order valence-electron chi connectivity index (χ2n) is 7.16. The van der Waals surface area contributed by atoms with Gasteiger partial charge in [0, 0.05) is 24.4 Å². The number of benzene rings is 2. The van der Waals surface area contributed by atoms with E-state index in [-0.39, 0.29) is 16.4 Å². The molecule has 2 aromatic carbocycles. The smallest absolute Gasteiger partial charge is 0.266 e. The van der Waals surface area contributed by atoms with Crippen molar-refractivity contribution in [2.75, 3.05) is 11.3 Å². The van der Waals surface area contributed by atoms with Crippen molar-refractivity contribution in [3.8, 4) is 17.0 Å². The molecular weight excluding hydrogens is 402 g/mol. The topological polar surface area (TPSA) is 90.3 Å². The van der Waals surface area contributed by atoms with Gasteiger partial charge >= 0.3 is 0 Å². The molecule has 30 heavy (non-hydrogen) atoms. The van der Waals surface area contributed by atoms with Crippen LogP contribution in [0.3, 0.4) is 0 Å². The summed E-state index contributed by atoms with van der Waals surface area (Å²) in [5, 5.41) is 4.22. The normalized spacial score (nSPS) is 11.5. The van der Waals surface area contributed by atoms with Crippen LogP contribution in [-0.4, -0.2) is 24.8 Å². The number of sulfonamides is 1. The molecule has 1 heterocycles. The summed E-state index contributed by atoms with van der Waals surface area (Å²) in [5.74, 6) is 0.485. The van der Waals surface area contributed by atoms with Gasteiger partial charge in [0.2, 0.25) is 0 Å². The van der Waals surface area contributed by atoms with Crippen LogP contribution in [0.5, 0.6) is 5.75 Å². The summed E-state index contributed by atoms with van der Waals surface area (Å²) in [6.07, 6.45) is 0. The third-order valence-corrected chi connectivity index (χ3v) is 6.00. The average Bonchev–Trinajstić information content (AvgIpc) is 2.70. The van der Waals surface area contributed by atoms with Crippen LogP contribution in [0, 0.1) is 0 Å². The number of hydrogen-bond donors (Lipinski definition) is 1. The minimum absolute atomic E-state index is 0.0983. The van der Waals surface area contributed by atoms with Gasteiger partial charge in [0.25, 0.3) is 15.6 Å². The van der Waals surface area contributed by atoms with E-state index < -0.39 is 10.0 Å². The number of aromatic nitrogens is 2. The first-order valence-corrected chi connectivity index (χ1v) is 11.1. The highest BCUT2D eigenvalue weighted by molar-refractivity contribution is 7.92. The lowest BCUT2D eigenvalue weighted by Crippen LogP contribution is -2.18. The van der Waals surface area contributed by atoms with Gasteiger partial charge in [0.15, 0.2) is 0 Å². The predicted octanol–water partition coefficient (Wildman–Crippen LogP) is 3.77. The van der Waals surface area contributed by atoms with Crippen LogP contribution in [0.25, 0.3) is 11.3 Å². The number of anilines is 1. The molecular formula is C22H25N3O4S. The minimum Gasteiger partial charge on any atom is -0.492 e. The summed E-state index contributed by atoms with van der Waals surface area (Å²) in [7, 11) is -2.32. The fourth-order valence-corrected chi connectivity index (χ4v) is 4.21. The van der Waals surface area contributed by atoms with E-state index in [0.29, 0.717) is 29.3 Å². The summed E-state index contributed by atoms with van der Waals surface area (Å²) < 4.78 is 35.8. The lowest BCUT2D eigenvalue weighted by Gasteiger charge is -2.15. The molecule has 3 aromatic rings. The first-order valence-electron chi connectivity index (χ1n) is 9.65. The van der Waals surface area contributed by atoms with Crippen molar-refractivity contribution in [1.29, 1.82) is 0 Å². The molecule has 0 amide bonds. The molecule has 0 spiro atoms. The molecule has 0 fully saturated rings. The molecule has 0 atom stereocenters. The van der Waals surface area contributed by atoms with E-state index in [1.165, 1.54) is 10.7 Å². The van der Waals surface area contributed by atoms with E-state index in [0.717, 1.165) is 5.56 Å². The molecule has 8 heteroatoms. The van der Waals surface area contributed by atoms with Gasteiger partial charge in [-0.2, -0.15) is 5.10 Å². The maximum Gasteiger partial charge on any atom is 0.266 e. The van der Waals surface area contributed by atoms with Crippen LogP contribution in [-0.2, 0) is 17.1 Å². The van der Waals surface area contributed by atoms with E-state index >= 15 is 0 Å². The molecule has 7 nitrogen and oxygen atoms in total. The number of aryl methyl sites for hydroxylation is 1. The Hall–Kier alpha value is -3.13. The Morgan fingerprint density at radius 3 is 2.53 bits per heavy atom. The average molecular weight is 428 g/mol. The van der Waals surface area contributed by atoms with Gasteiger partial charge in [0.05, 0.1) is 12.3 Å². The summed E-state index contributed by atoms with van der Waals surface area (Å²) >= 11 is 0. The molecule has 1 aromatic heterocycles. The summed E-state index contributed by atoms with van der Waals surface area (Å²) in [5.41, 5.74) is 2.33. The molecule has 158 valence electrons. The molecule has 0 aliphatic heterocycles. The molecule has 0 aliphatic carbocycles. The summed E-state index contributed by atoms with van der Waals surface area (Å²) in [6, 6.07) is 15.1. The lowest BCUT2D eigenvalue weighted by molar-refractivity contribution is 0.331. The summed E-state index contributed by atoms with van der Waals surface area (Å²) in [4.78, 5) is 11.7. The Kier molecular flexibility index (Phi) is 6.26. The standard InChI is InChI=1S/C22H25N3O4S/c1-5-29-20-11-9-16(15(2)3)14-21(20)30(27,28)24-18-8-6-7-17(13-18)19-10-12-22(26)25(4)23-19/h6-15,24H,5H2,1-4H3. The molecule has 0 radical (unpaired) electrons. The van der Waals surface area contributed by atoms with Gasteiger partial charge in [-0.15, -0.1) is 0 Å². The van der Waals surface area contributed by atoms with Crippen molar-refractivity contribution in [2.24, 2.45) is 7.05 Å². The first kappa shape index (κ1) is 21.6. The Balaban J connectivity index is 1.99. The van der Waals surface area contributed by atoms with Crippen LogP contribution < -0.4 is 15.0 Å². The minimum atomic E-state index is -3.89. The number of rotatable bonds is 7. The molecule has 0 unspecified atom stereocenters. The Bertz CT molecular complexity index is 1220. The zero-order chi connectivity index (χ0) is 21.9. The molecule has 0 saturated heterocycles. The Labute approximate surface area is 176 Å². The van der Waals surface area contributed by atoms with Gasteiger partial charge in [-0.1, -0.05) is 32.0 Å². The highest BCUT2D eigenvalue weighted by atomic mass is 32.2. The van der Waals surface area contributed by atoms with E-state index in [1.54, 1.807) is 49.5 Å². The number of ether oxygens (including phenoxy) is 1. The van der Waals surface area contributed by atoms with Crippen molar-refractivity contribution in [2.45, 2.75) is 31.6 Å². The zero-order valence-electron chi connectivity index (χ0n) is 17.4. The van der Waals surface area contributed by atoms with Crippen LogP contribution in [0.2, 0.25) is 0 Å². The number of hydrogen-bond acceptors (Lipinski definition) is 5. The second kappa shape index (κ2) is 8.71. The molecule has 0 aliphatic rings. The van der Waals surface area contributed by atoms with Gasteiger partial charge < -0.3 is 4.74 Å². The highest BCUT2D eigenvalue weighted by Crippen LogP contribution is 2.30. The van der Waals surface area contributed by atoms with E-state index in [4.69, 9.17) is 4.74 Å². The Morgan fingerprint density at radius 2 is 1.87 bits per heavy atom.